The van der Waals surface area contributed by atoms with E-state index in [0.717, 1.165) is 5.56 Å². The third-order valence-electron chi connectivity index (χ3n) is 2.71. The Morgan fingerprint density at radius 3 is 2.50 bits per heavy atom. The van der Waals surface area contributed by atoms with Gasteiger partial charge in [-0.05, 0) is 24.5 Å². The number of aryl methyl sites for hydroxylation is 1. The van der Waals surface area contributed by atoms with Crippen molar-refractivity contribution in [2.75, 3.05) is 19.8 Å². The minimum Gasteiger partial charge on any atom is -0.508 e. The summed E-state index contributed by atoms with van der Waals surface area (Å²) in [6, 6.07) is 4.94. The van der Waals surface area contributed by atoms with E-state index in [1.54, 1.807) is 18.2 Å². The summed E-state index contributed by atoms with van der Waals surface area (Å²) in [5.41, 5.74) is -0.383. The number of benzene rings is 1. The molecule has 0 fully saturated rings. The predicted molar refractivity (Wildman–Crippen MR) is 69.5 cm³/mol. The molecule has 0 radical (unpaired) electrons. The van der Waals surface area contributed by atoms with Gasteiger partial charge in [-0.25, -0.2) is 0 Å². The number of phenolic OH excluding ortho intramolecular Hbond substituents is 1. The van der Waals surface area contributed by atoms with Crippen molar-refractivity contribution in [2.24, 2.45) is 5.92 Å². The molecule has 0 amide bonds. The smallest absolute Gasteiger partial charge is 0.139 e. The Kier molecular flexibility index (Phi) is 5.14. The van der Waals surface area contributed by atoms with Crippen LogP contribution in [0.25, 0.3) is 0 Å². The summed E-state index contributed by atoms with van der Waals surface area (Å²) in [5.74, 6) is 0.319. The molecule has 3 N–H and O–H groups in total. The van der Waals surface area contributed by atoms with Crippen LogP contribution in [0.15, 0.2) is 18.2 Å². The summed E-state index contributed by atoms with van der Waals surface area (Å²) >= 11 is 0. The Bertz CT molecular complexity index is 389. The van der Waals surface area contributed by atoms with Crippen LogP contribution in [0.4, 0.5) is 0 Å². The van der Waals surface area contributed by atoms with E-state index in [0.29, 0.717) is 18.1 Å². The summed E-state index contributed by atoms with van der Waals surface area (Å²) in [4.78, 5) is 0. The van der Waals surface area contributed by atoms with Crippen LogP contribution in [0.3, 0.4) is 0 Å². The Morgan fingerprint density at radius 1 is 1.33 bits per heavy atom. The van der Waals surface area contributed by atoms with Gasteiger partial charge in [-0.1, -0.05) is 26.0 Å². The molecular weight excluding hydrogens is 232 g/mol. The maximum absolute atomic E-state index is 10.3. The van der Waals surface area contributed by atoms with Gasteiger partial charge in [0.1, 0.15) is 11.4 Å². The zero-order chi connectivity index (χ0) is 13.8. The predicted octanol–water partition coefficient (Wildman–Crippen LogP) is 1.55. The Morgan fingerprint density at radius 2 is 2.00 bits per heavy atom. The molecule has 1 rings (SSSR count). The number of aliphatic hydroxyl groups is 2. The maximum atomic E-state index is 10.3. The quantitative estimate of drug-likeness (QED) is 0.720. The van der Waals surface area contributed by atoms with Crippen LogP contribution in [0.5, 0.6) is 5.75 Å². The number of rotatable bonds is 6. The highest BCUT2D eigenvalue weighted by atomic mass is 16.5. The second-order valence-electron chi connectivity index (χ2n) is 5.12. The molecular formula is C14H22O4. The zero-order valence-electron chi connectivity index (χ0n) is 11.2. The second kappa shape index (κ2) is 6.18. The van der Waals surface area contributed by atoms with E-state index in [4.69, 9.17) is 4.74 Å². The number of hydrogen-bond acceptors (Lipinski definition) is 4. The molecule has 0 spiro atoms. The van der Waals surface area contributed by atoms with Crippen molar-refractivity contribution < 1.29 is 20.1 Å². The number of phenols is 1. The van der Waals surface area contributed by atoms with Gasteiger partial charge in [-0.2, -0.15) is 0 Å². The molecule has 4 nitrogen and oxygen atoms in total. The number of hydrogen-bond donors (Lipinski definition) is 3. The van der Waals surface area contributed by atoms with Gasteiger partial charge in [0.15, 0.2) is 0 Å². The lowest BCUT2D eigenvalue weighted by atomic mass is 9.93. The highest BCUT2D eigenvalue weighted by Crippen LogP contribution is 2.30. The molecule has 18 heavy (non-hydrogen) atoms. The van der Waals surface area contributed by atoms with Gasteiger partial charge in [0.2, 0.25) is 0 Å². The Balaban J connectivity index is 2.85. The van der Waals surface area contributed by atoms with Crippen molar-refractivity contribution in [1.82, 2.24) is 0 Å². The number of aromatic hydroxyl groups is 1. The zero-order valence-corrected chi connectivity index (χ0v) is 11.2. The molecule has 0 bridgehead atoms. The van der Waals surface area contributed by atoms with E-state index < -0.39 is 12.2 Å². The Hall–Kier alpha value is -1.10. The number of ether oxygens (including phenoxy) is 1. The summed E-state index contributed by atoms with van der Waals surface area (Å²) < 4.78 is 5.37. The first-order valence-corrected chi connectivity index (χ1v) is 6.10. The van der Waals surface area contributed by atoms with Crippen molar-refractivity contribution in [1.29, 1.82) is 0 Å². The normalized spacial score (nSPS) is 14.8. The monoisotopic (exact) mass is 254 g/mol. The van der Waals surface area contributed by atoms with E-state index in [2.05, 4.69) is 0 Å². The molecule has 0 saturated heterocycles. The first-order chi connectivity index (χ1) is 8.39. The highest BCUT2D eigenvalue weighted by molar-refractivity contribution is 5.40. The fraction of sp³-hybridized carbons (Fsp3) is 0.571. The summed E-state index contributed by atoms with van der Waals surface area (Å²) in [6.07, 6.45) is 0. The van der Waals surface area contributed by atoms with Crippen LogP contribution in [-0.2, 0) is 10.3 Å². The van der Waals surface area contributed by atoms with E-state index in [1.165, 1.54) is 0 Å². The lowest BCUT2D eigenvalue weighted by molar-refractivity contribution is -0.0877. The lowest BCUT2D eigenvalue weighted by Gasteiger charge is -2.27. The third kappa shape index (κ3) is 3.70. The molecule has 0 unspecified atom stereocenters. The van der Waals surface area contributed by atoms with E-state index in [-0.39, 0.29) is 12.4 Å². The van der Waals surface area contributed by atoms with Gasteiger partial charge < -0.3 is 20.1 Å². The molecule has 102 valence electrons. The molecule has 4 heteroatoms. The molecule has 0 aliphatic heterocycles. The van der Waals surface area contributed by atoms with Gasteiger partial charge in [0.05, 0.1) is 13.2 Å². The van der Waals surface area contributed by atoms with Crippen molar-refractivity contribution in [3.8, 4) is 5.75 Å². The molecule has 1 aromatic carbocycles. The van der Waals surface area contributed by atoms with Crippen molar-refractivity contribution in [3.63, 3.8) is 0 Å². The van der Waals surface area contributed by atoms with Gasteiger partial charge >= 0.3 is 0 Å². The maximum Gasteiger partial charge on any atom is 0.139 e. The fourth-order valence-corrected chi connectivity index (χ4v) is 1.71. The average Bonchev–Trinajstić information content (AvgIpc) is 2.28. The summed E-state index contributed by atoms with van der Waals surface area (Å²) in [5, 5.41) is 29.5. The lowest BCUT2D eigenvalue weighted by Crippen LogP contribution is -2.36. The molecule has 1 aromatic rings. The van der Waals surface area contributed by atoms with Crippen LogP contribution in [-0.4, -0.2) is 35.1 Å². The molecule has 0 aromatic heterocycles. The van der Waals surface area contributed by atoms with Crippen LogP contribution >= 0.6 is 0 Å². The van der Waals surface area contributed by atoms with Crippen molar-refractivity contribution in [3.05, 3.63) is 29.3 Å². The van der Waals surface area contributed by atoms with Gasteiger partial charge in [0, 0.05) is 12.2 Å². The third-order valence-corrected chi connectivity index (χ3v) is 2.71. The first-order valence-electron chi connectivity index (χ1n) is 6.10. The van der Waals surface area contributed by atoms with Gasteiger partial charge in [-0.15, -0.1) is 0 Å². The van der Waals surface area contributed by atoms with E-state index >= 15 is 0 Å². The topological polar surface area (TPSA) is 69.9 Å². The van der Waals surface area contributed by atoms with Crippen LogP contribution in [0.2, 0.25) is 0 Å². The minimum absolute atomic E-state index is 0.0281. The van der Waals surface area contributed by atoms with Gasteiger partial charge in [-0.3, -0.25) is 0 Å². The van der Waals surface area contributed by atoms with E-state index in [9.17, 15) is 15.3 Å². The minimum atomic E-state index is -1.56. The van der Waals surface area contributed by atoms with Crippen LogP contribution in [0.1, 0.15) is 25.0 Å². The molecule has 0 aliphatic rings. The second-order valence-corrected chi connectivity index (χ2v) is 5.12. The van der Waals surface area contributed by atoms with Crippen molar-refractivity contribution >= 4 is 0 Å². The highest BCUT2D eigenvalue weighted by Gasteiger charge is 2.31. The molecule has 0 saturated carbocycles. The standard InChI is InChI=1S/C14H22O4/c1-10(2)7-18-9-14(17,8-15)12-5-4-11(3)6-13(12)16/h4-6,10,15-17H,7-9H2,1-3H3/t14-/m1/s1. The van der Waals surface area contributed by atoms with Crippen LogP contribution < -0.4 is 0 Å². The summed E-state index contributed by atoms with van der Waals surface area (Å²) in [6.45, 7) is 5.80. The summed E-state index contributed by atoms with van der Waals surface area (Å²) in [7, 11) is 0. The number of aliphatic hydroxyl groups excluding tert-OH is 1. The first kappa shape index (κ1) is 15.0. The largest absolute Gasteiger partial charge is 0.508 e. The molecule has 1 atom stereocenters. The Labute approximate surface area is 108 Å². The van der Waals surface area contributed by atoms with Gasteiger partial charge in [0.25, 0.3) is 0 Å². The fourth-order valence-electron chi connectivity index (χ4n) is 1.71. The van der Waals surface area contributed by atoms with Crippen molar-refractivity contribution in [2.45, 2.75) is 26.4 Å². The van der Waals surface area contributed by atoms with Crippen LogP contribution in [0, 0.1) is 12.8 Å². The molecule has 0 aliphatic carbocycles. The SMILES string of the molecule is Cc1ccc([C@@](O)(CO)COCC(C)C)c(O)c1. The van der Waals surface area contributed by atoms with E-state index in [1.807, 2.05) is 20.8 Å². The molecule has 0 heterocycles. The average molecular weight is 254 g/mol.